The van der Waals surface area contributed by atoms with Crippen molar-refractivity contribution in [3.63, 3.8) is 0 Å². The second-order valence-corrected chi connectivity index (χ2v) is 19.5. The molecule has 0 bridgehead atoms. The highest BCUT2D eigenvalue weighted by molar-refractivity contribution is 5.70. The van der Waals surface area contributed by atoms with E-state index in [-0.39, 0.29) is 42.7 Å². The SMILES string of the molecule is CCCCC/C=C/C/C=C/C/C=C/C/C=C/CCCCCCCC(=O)OC(COCCC(C(=O)[O-])[N+](C)(C)C)COC(=O)CCCCCCCCC/C=C/C/C=C/CCCCCCCCCC. The second-order valence-electron chi connectivity index (χ2n) is 19.5. The fourth-order valence-electron chi connectivity index (χ4n) is 7.79. The average molecular weight is 938 g/mol. The van der Waals surface area contributed by atoms with Crippen molar-refractivity contribution in [1.29, 1.82) is 0 Å². The summed E-state index contributed by atoms with van der Waals surface area (Å²) in [5.41, 5.74) is 0. The summed E-state index contributed by atoms with van der Waals surface area (Å²) in [6, 6.07) is -0.735. The van der Waals surface area contributed by atoms with Gasteiger partial charge in [0, 0.05) is 19.3 Å². The van der Waals surface area contributed by atoms with Crippen LogP contribution < -0.4 is 5.11 Å². The fourth-order valence-corrected chi connectivity index (χ4v) is 7.79. The number of carbonyl (C=O) groups is 3. The van der Waals surface area contributed by atoms with Crippen LogP contribution in [-0.2, 0) is 28.6 Å². The van der Waals surface area contributed by atoms with E-state index in [2.05, 4.69) is 86.8 Å². The Kier molecular flexibility index (Phi) is 46.8. The van der Waals surface area contributed by atoms with Crippen molar-refractivity contribution in [2.45, 2.75) is 244 Å². The van der Waals surface area contributed by atoms with E-state index in [1.807, 2.05) is 0 Å². The monoisotopic (exact) mass is 938 g/mol. The topological polar surface area (TPSA) is 102 Å². The number of aliphatic carboxylic acids is 1. The van der Waals surface area contributed by atoms with Crippen molar-refractivity contribution < 1.29 is 38.2 Å². The molecule has 0 radical (unpaired) electrons. The first-order valence-corrected chi connectivity index (χ1v) is 27.5. The van der Waals surface area contributed by atoms with Gasteiger partial charge in [-0.2, -0.15) is 0 Å². The van der Waals surface area contributed by atoms with Crippen LogP contribution in [0.3, 0.4) is 0 Å². The lowest BCUT2D eigenvalue weighted by atomic mass is 10.1. The summed E-state index contributed by atoms with van der Waals surface area (Å²) in [5, 5.41) is 11.7. The van der Waals surface area contributed by atoms with Gasteiger partial charge in [-0.15, -0.1) is 0 Å². The Hall–Kier alpha value is -3.23. The number of allylic oxidation sites excluding steroid dienone is 12. The molecule has 8 nitrogen and oxygen atoms in total. The first kappa shape index (κ1) is 63.8. The molecule has 0 spiro atoms. The highest BCUT2D eigenvalue weighted by atomic mass is 16.6. The van der Waals surface area contributed by atoms with Crippen LogP contribution in [0, 0.1) is 0 Å². The molecule has 0 aromatic heterocycles. The third kappa shape index (κ3) is 47.6. The molecule has 0 aliphatic rings. The number of carboxylic acid groups (broad SMARTS) is 1. The quantitative estimate of drug-likeness (QED) is 0.0259. The van der Waals surface area contributed by atoms with Gasteiger partial charge in [0.05, 0.1) is 40.3 Å². The minimum Gasteiger partial charge on any atom is -0.544 e. The molecule has 0 heterocycles. The number of unbranched alkanes of at least 4 members (excludes halogenated alkanes) is 23. The van der Waals surface area contributed by atoms with Gasteiger partial charge < -0.3 is 28.6 Å². The van der Waals surface area contributed by atoms with Gasteiger partial charge in [0.2, 0.25) is 0 Å². The van der Waals surface area contributed by atoms with Crippen molar-refractivity contribution >= 4 is 17.9 Å². The number of hydrogen-bond donors (Lipinski definition) is 0. The first-order valence-electron chi connectivity index (χ1n) is 27.5. The molecular weight excluding hydrogens is 835 g/mol. The van der Waals surface area contributed by atoms with Crippen LogP contribution >= 0.6 is 0 Å². The van der Waals surface area contributed by atoms with E-state index in [1.54, 1.807) is 21.1 Å². The predicted molar refractivity (Wildman–Crippen MR) is 282 cm³/mol. The van der Waals surface area contributed by atoms with Crippen molar-refractivity contribution in [3.05, 3.63) is 72.9 Å². The second kappa shape index (κ2) is 49.2. The summed E-state index contributed by atoms with van der Waals surface area (Å²) in [4.78, 5) is 37.1. The fraction of sp³-hybridized carbons (Fsp3) is 0.746. The molecule has 0 amide bonds. The van der Waals surface area contributed by atoms with E-state index in [0.717, 1.165) is 89.9 Å². The van der Waals surface area contributed by atoms with Crippen LogP contribution in [0.4, 0.5) is 0 Å². The number of ether oxygens (including phenoxy) is 3. The van der Waals surface area contributed by atoms with Crippen LogP contribution in [0.5, 0.6) is 0 Å². The van der Waals surface area contributed by atoms with Gasteiger partial charge in [-0.3, -0.25) is 9.59 Å². The first-order chi connectivity index (χ1) is 32.6. The number of likely N-dealkylation sites (N-methyl/N-ethyl adjacent to an activating group) is 1. The molecule has 0 aliphatic heterocycles. The smallest absolute Gasteiger partial charge is 0.306 e. The van der Waals surface area contributed by atoms with Gasteiger partial charge in [0.25, 0.3) is 0 Å². The summed E-state index contributed by atoms with van der Waals surface area (Å²) in [6.07, 6.45) is 63.6. The Labute approximate surface area is 412 Å². The molecule has 67 heavy (non-hydrogen) atoms. The van der Waals surface area contributed by atoms with E-state index in [0.29, 0.717) is 12.8 Å². The largest absolute Gasteiger partial charge is 0.544 e. The molecule has 0 aromatic rings. The lowest BCUT2D eigenvalue weighted by Crippen LogP contribution is -2.55. The molecule has 0 saturated carbocycles. The molecule has 0 fully saturated rings. The summed E-state index contributed by atoms with van der Waals surface area (Å²) >= 11 is 0. The molecule has 0 saturated heterocycles. The molecule has 0 aromatic carbocycles. The van der Waals surface area contributed by atoms with Crippen molar-refractivity contribution in [2.24, 2.45) is 0 Å². The predicted octanol–water partition coefficient (Wildman–Crippen LogP) is 14.9. The van der Waals surface area contributed by atoms with Gasteiger partial charge in [-0.25, -0.2) is 0 Å². The van der Waals surface area contributed by atoms with E-state index >= 15 is 0 Å². The van der Waals surface area contributed by atoms with Gasteiger partial charge >= 0.3 is 11.9 Å². The number of carboxylic acids is 1. The third-order valence-electron chi connectivity index (χ3n) is 12.1. The summed E-state index contributed by atoms with van der Waals surface area (Å²) in [7, 11) is 5.41. The molecule has 2 unspecified atom stereocenters. The van der Waals surface area contributed by atoms with E-state index in [4.69, 9.17) is 14.2 Å². The number of nitrogens with zero attached hydrogens (tertiary/aromatic N) is 1. The zero-order chi connectivity index (χ0) is 49.2. The molecule has 8 heteroatoms. The number of rotatable bonds is 49. The Bertz CT molecular complexity index is 1320. The Morgan fingerprint density at radius 2 is 0.791 bits per heavy atom. The minimum absolute atomic E-state index is 0.0274. The molecule has 0 aliphatic carbocycles. The highest BCUT2D eigenvalue weighted by Crippen LogP contribution is 2.14. The minimum atomic E-state index is -1.13. The Morgan fingerprint density at radius 3 is 1.19 bits per heavy atom. The molecule has 386 valence electrons. The standard InChI is InChI=1S/C59H103NO7/c1-6-8-10-12-14-16-18-20-22-24-26-28-30-31-33-35-37-39-41-43-45-47-49-57(61)66-54-55(53-65-52-51-56(59(63)64)60(3,4)5)67-58(62)50-48-46-44-42-40-38-36-34-32-29-27-25-23-21-19-17-15-13-11-9-7-2/h15,17,21,23-24,26-27,29-31,34,36,55-56H,6-14,16,18-20,22,25,28,32-33,35,37-54H2,1-5H3/b17-15+,23-21+,26-24+,29-27+,31-30+,36-34+. The third-order valence-corrected chi connectivity index (χ3v) is 12.1. The maximum atomic E-state index is 12.8. The number of quaternary nitrogens is 1. The molecule has 0 N–H and O–H groups in total. The Balaban J connectivity index is 4.28. The van der Waals surface area contributed by atoms with Crippen LogP contribution in [-0.4, -0.2) is 75.5 Å². The summed E-state index contributed by atoms with van der Waals surface area (Å²) in [6.45, 7) is 4.62. The number of carbonyl (C=O) groups excluding carboxylic acids is 3. The average Bonchev–Trinajstić information content (AvgIpc) is 3.29. The van der Waals surface area contributed by atoms with Crippen LogP contribution in [0.15, 0.2) is 72.9 Å². The molecule has 0 rings (SSSR count). The number of hydrogen-bond acceptors (Lipinski definition) is 7. The maximum Gasteiger partial charge on any atom is 0.306 e. The maximum absolute atomic E-state index is 12.8. The van der Waals surface area contributed by atoms with Crippen LogP contribution in [0.2, 0.25) is 0 Å². The highest BCUT2D eigenvalue weighted by Gasteiger charge is 2.25. The van der Waals surface area contributed by atoms with Crippen molar-refractivity contribution in [1.82, 2.24) is 0 Å². The van der Waals surface area contributed by atoms with Crippen molar-refractivity contribution in [2.75, 3.05) is 41.0 Å². The van der Waals surface area contributed by atoms with Crippen molar-refractivity contribution in [3.8, 4) is 0 Å². The summed E-state index contributed by atoms with van der Waals surface area (Å²) < 4.78 is 17.2. The lowest BCUT2D eigenvalue weighted by molar-refractivity contribution is -0.889. The normalized spacial score (nSPS) is 13.4. The van der Waals surface area contributed by atoms with E-state index < -0.39 is 18.1 Å². The van der Waals surface area contributed by atoms with Crippen LogP contribution in [0.25, 0.3) is 0 Å². The van der Waals surface area contributed by atoms with Gasteiger partial charge in [0.1, 0.15) is 12.6 Å². The van der Waals surface area contributed by atoms with E-state index in [9.17, 15) is 19.5 Å². The van der Waals surface area contributed by atoms with Gasteiger partial charge in [-0.1, -0.05) is 196 Å². The zero-order valence-corrected chi connectivity index (χ0v) is 44.1. The van der Waals surface area contributed by atoms with Gasteiger partial charge in [0.15, 0.2) is 6.10 Å². The van der Waals surface area contributed by atoms with Crippen LogP contribution in [0.1, 0.15) is 232 Å². The molecule has 2 atom stereocenters. The Morgan fingerprint density at radius 1 is 0.448 bits per heavy atom. The van der Waals surface area contributed by atoms with E-state index in [1.165, 1.54) is 109 Å². The summed E-state index contributed by atoms with van der Waals surface area (Å²) in [5.74, 6) is -1.77. The number of esters is 2. The zero-order valence-electron chi connectivity index (χ0n) is 44.1. The van der Waals surface area contributed by atoms with Gasteiger partial charge in [-0.05, 0) is 89.9 Å². The molecular formula is C59H103NO7. The lowest BCUT2D eigenvalue weighted by Gasteiger charge is -2.34.